The number of carbonyl (C=O) groups excluding carboxylic acids is 1. The topological polar surface area (TPSA) is 87.3 Å². The summed E-state index contributed by atoms with van der Waals surface area (Å²) in [6.45, 7) is 0.870. The molecule has 1 fully saturated rings. The van der Waals surface area contributed by atoms with Crippen LogP contribution in [0.4, 0.5) is 11.4 Å². The van der Waals surface area contributed by atoms with Crippen LogP contribution in [0.3, 0.4) is 0 Å². The first-order valence-corrected chi connectivity index (χ1v) is 7.95. The molecule has 1 aliphatic rings. The molecule has 0 saturated carbocycles. The third kappa shape index (κ3) is 4.22. The molecule has 0 aliphatic carbocycles. The molecule has 3 N–H and O–H groups in total. The summed E-state index contributed by atoms with van der Waals surface area (Å²) in [6.07, 6.45) is 2.95. The highest BCUT2D eigenvalue weighted by atomic mass is 32.2. The Labute approximate surface area is 112 Å². The molecule has 1 saturated heterocycles. The quantitative estimate of drug-likeness (QED) is 0.761. The molecule has 0 bridgehead atoms. The lowest BCUT2D eigenvalue weighted by Gasteiger charge is -2.11. The van der Waals surface area contributed by atoms with E-state index < -0.39 is 10.0 Å². The third-order valence-electron chi connectivity index (χ3n) is 2.83. The Balaban J connectivity index is 1.96. The Hall–Kier alpha value is -1.60. The van der Waals surface area contributed by atoms with E-state index in [2.05, 4.69) is 15.4 Å². The van der Waals surface area contributed by atoms with E-state index in [1.54, 1.807) is 24.3 Å². The summed E-state index contributed by atoms with van der Waals surface area (Å²) < 4.78 is 24.5. The van der Waals surface area contributed by atoms with E-state index in [-0.39, 0.29) is 11.9 Å². The van der Waals surface area contributed by atoms with Gasteiger partial charge in [-0.2, -0.15) is 0 Å². The van der Waals surface area contributed by atoms with Gasteiger partial charge in [0.1, 0.15) is 0 Å². The van der Waals surface area contributed by atoms with Crippen molar-refractivity contribution >= 4 is 27.3 Å². The lowest BCUT2D eigenvalue weighted by molar-refractivity contribution is -0.117. The summed E-state index contributed by atoms with van der Waals surface area (Å²) in [5.74, 6) is -0.0543. The summed E-state index contributed by atoms with van der Waals surface area (Å²) in [7, 11) is -3.27. The molecule has 0 radical (unpaired) electrons. The fraction of sp³-hybridized carbons (Fsp3) is 0.417. The van der Waals surface area contributed by atoms with Gasteiger partial charge in [-0.15, -0.1) is 0 Å². The number of nitrogens with one attached hydrogen (secondary N) is 3. The average Bonchev–Trinajstić information content (AvgIpc) is 2.83. The van der Waals surface area contributed by atoms with Gasteiger partial charge in [-0.3, -0.25) is 9.52 Å². The second kappa shape index (κ2) is 5.58. The monoisotopic (exact) mass is 283 g/mol. The molecule has 104 valence electrons. The summed E-state index contributed by atoms with van der Waals surface area (Å²) in [5.41, 5.74) is 1.12. The summed E-state index contributed by atoms with van der Waals surface area (Å²) in [5, 5.41) is 5.91. The molecule has 6 nitrogen and oxygen atoms in total. The molecule has 2 rings (SSSR count). The smallest absolute Gasteiger partial charge is 0.241 e. The molecule has 1 atom stereocenters. The molecule has 1 amide bonds. The van der Waals surface area contributed by atoms with Gasteiger partial charge >= 0.3 is 0 Å². The van der Waals surface area contributed by atoms with Crippen LogP contribution in [0.5, 0.6) is 0 Å². The highest BCUT2D eigenvalue weighted by Crippen LogP contribution is 2.15. The lowest BCUT2D eigenvalue weighted by Crippen LogP contribution is -2.35. The zero-order valence-electron chi connectivity index (χ0n) is 10.6. The highest BCUT2D eigenvalue weighted by molar-refractivity contribution is 7.92. The van der Waals surface area contributed by atoms with Crippen LogP contribution in [-0.2, 0) is 14.8 Å². The van der Waals surface area contributed by atoms with Gasteiger partial charge in [0.25, 0.3) is 0 Å². The van der Waals surface area contributed by atoms with Gasteiger partial charge in [0.05, 0.1) is 12.3 Å². The first kappa shape index (κ1) is 13.8. The van der Waals surface area contributed by atoms with Gasteiger partial charge in [0.15, 0.2) is 0 Å². The van der Waals surface area contributed by atoms with Crippen molar-refractivity contribution in [1.82, 2.24) is 5.32 Å². The fourth-order valence-corrected chi connectivity index (χ4v) is 2.54. The van der Waals surface area contributed by atoms with Crippen molar-refractivity contribution in [1.29, 1.82) is 0 Å². The Morgan fingerprint density at radius 2 is 1.89 bits per heavy atom. The van der Waals surface area contributed by atoms with Gasteiger partial charge in [-0.1, -0.05) is 0 Å². The largest absolute Gasteiger partial charge is 0.325 e. The van der Waals surface area contributed by atoms with Crippen molar-refractivity contribution in [2.75, 3.05) is 22.8 Å². The van der Waals surface area contributed by atoms with Gasteiger partial charge < -0.3 is 10.6 Å². The molecule has 0 spiro atoms. The number of hydrogen-bond donors (Lipinski definition) is 3. The molecule has 7 heteroatoms. The second-order valence-corrected chi connectivity index (χ2v) is 6.34. The van der Waals surface area contributed by atoms with Crippen molar-refractivity contribution in [3.63, 3.8) is 0 Å². The van der Waals surface area contributed by atoms with E-state index in [4.69, 9.17) is 0 Å². The van der Waals surface area contributed by atoms with E-state index in [9.17, 15) is 13.2 Å². The molecular weight excluding hydrogens is 266 g/mol. The van der Waals surface area contributed by atoms with Crippen LogP contribution in [0.2, 0.25) is 0 Å². The Morgan fingerprint density at radius 3 is 2.42 bits per heavy atom. The van der Waals surface area contributed by atoms with Crippen molar-refractivity contribution in [2.45, 2.75) is 18.9 Å². The fourth-order valence-electron chi connectivity index (χ4n) is 1.97. The number of carbonyl (C=O) groups is 1. The number of hydrogen-bond acceptors (Lipinski definition) is 4. The molecule has 19 heavy (non-hydrogen) atoms. The second-order valence-electron chi connectivity index (χ2n) is 4.59. The number of amides is 1. The van der Waals surface area contributed by atoms with Crippen LogP contribution in [0.15, 0.2) is 24.3 Å². The minimum absolute atomic E-state index is 0.0543. The number of benzene rings is 1. The maximum atomic E-state index is 11.8. The summed E-state index contributed by atoms with van der Waals surface area (Å²) in [6, 6.07) is 6.42. The van der Waals surface area contributed by atoms with Crippen molar-refractivity contribution < 1.29 is 13.2 Å². The normalized spacial score (nSPS) is 19.1. The molecule has 1 aromatic rings. The summed E-state index contributed by atoms with van der Waals surface area (Å²) >= 11 is 0. The predicted octanol–water partition coefficient (Wildman–Crippen LogP) is 0.749. The van der Waals surface area contributed by atoms with Gasteiger partial charge in [0, 0.05) is 11.4 Å². The Kier molecular flexibility index (Phi) is 4.06. The molecule has 0 unspecified atom stereocenters. The van der Waals surface area contributed by atoms with Gasteiger partial charge in [-0.25, -0.2) is 8.42 Å². The van der Waals surface area contributed by atoms with Crippen LogP contribution in [0.1, 0.15) is 12.8 Å². The van der Waals surface area contributed by atoms with Gasteiger partial charge in [-0.05, 0) is 43.7 Å². The first-order chi connectivity index (χ1) is 8.94. The Bertz CT molecular complexity index is 548. The molecule has 1 heterocycles. The number of sulfonamides is 1. The van der Waals surface area contributed by atoms with E-state index in [1.807, 2.05) is 0 Å². The minimum atomic E-state index is -3.27. The average molecular weight is 283 g/mol. The minimum Gasteiger partial charge on any atom is -0.325 e. The Morgan fingerprint density at radius 1 is 1.26 bits per heavy atom. The zero-order chi connectivity index (χ0) is 13.9. The number of anilines is 2. The van der Waals surface area contributed by atoms with Crippen molar-refractivity contribution in [3.05, 3.63) is 24.3 Å². The maximum absolute atomic E-state index is 11.8. The van der Waals surface area contributed by atoms with Crippen molar-refractivity contribution in [3.8, 4) is 0 Å². The standard InChI is InChI=1S/C12H17N3O3S/c1-19(17,18)15-10-6-4-9(5-7-10)14-12(16)11-3-2-8-13-11/h4-7,11,13,15H,2-3,8H2,1H3,(H,14,16)/t11-/m0/s1. The van der Waals surface area contributed by atoms with Crippen LogP contribution >= 0.6 is 0 Å². The molecule has 1 aliphatic heterocycles. The van der Waals surface area contributed by atoms with Crippen LogP contribution in [0, 0.1) is 0 Å². The summed E-state index contributed by atoms with van der Waals surface area (Å²) in [4.78, 5) is 11.8. The highest BCUT2D eigenvalue weighted by Gasteiger charge is 2.21. The third-order valence-corrected chi connectivity index (χ3v) is 3.44. The molecular formula is C12H17N3O3S. The first-order valence-electron chi connectivity index (χ1n) is 6.06. The molecule has 1 aromatic carbocycles. The van der Waals surface area contributed by atoms with Crippen LogP contribution in [0.25, 0.3) is 0 Å². The van der Waals surface area contributed by atoms with E-state index in [0.717, 1.165) is 25.6 Å². The van der Waals surface area contributed by atoms with E-state index in [0.29, 0.717) is 11.4 Å². The lowest BCUT2D eigenvalue weighted by atomic mass is 10.2. The van der Waals surface area contributed by atoms with Crippen LogP contribution in [-0.4, -0.2) is 33.2 Å². The van der Waals surface area contributed by atoms with E-state index in [1.165, 1.54) is 0 Å². The number of rotatable bonds is 4. The van der Waals surface area contributed by atoms with Crippen molar-refractivity contribution in [2.24, 2.45) is 0 Å². The SMILES string of the molecule is CS(=O)(=O)Nc1ccc(NC(=O)[C@@H]2CCCN2)cc1. The maximum Gasteiger partial charge on any atom is 0.241 e. The zero-order valence-corrected chi connectivity index (χ0v) is 11.5. The van der Waals surface area contributed by atoms with E-state index >= 15 is 0 Å². The predicted molar refractivity (Wildman–Crippen MR) is 74.6 cm³/mol. The van der Waals surface area contributed by atoms with Gasteiger partial charge in [0.2, 0.25) is 15.9 Å². The molecule has 0 aromatic heterocycles. The van der Waals surface area contributed by atoms with Crippen LogP contribution < -0.4 is 15.4 Å².